The van der Waals surface area contributed by atoms with Crippen molar-refractivity contribution in [3.8, 4) is 0 Å². The minimum atomic E-state index is -3.50. The van der Waals surface area contributed by atoms with Gasteiger partial charge in [0.25, 0.3) is 0 Å². The molecule has 0 aliphatic heterocycles. The van der Waals surface area contributed by atoms with Gasteiger partial charge in [0, 0.05) is 10.4 Å². The third-order valence-corrected chi connectivity index (χ3v) is 4.86. The van der Waals surface area contributed by atoms with Crippen LogP contribution in [0.2, 0.25) is 5.02 Å². The van der Waals surface area contributed by atoms with E-state index in [1.54, 1.807) is 12.1 Å². The number of halogens is 1. The molecule has 0 spiro atoms. The molecule has 0 aromatic heterocycles. The van der Waals surface area contributed by atoms with Crippen LogP contribution in [0.1, 0.15) is 32.3 Å². The molecular weight excluding hydrogens is 298 g/mol. The largest absolute Gasteiger partial charge is 0.376 e. The lowest BCUT2D eigenvalue weighted by molar-refractivity contribution is 0.0397. The van der Waals surface area contributed by atoms with Gasteiger partial charge in [-0.2, -0.15) is 0 Å². The first-order valence-corrected chi connectivity index (χ1v) is 8.72. The normalized spacial score (nSPS) is 12.6. The number of sulfonamides is 1. The fourth-order valence-electron chi connectivity index (χ4n) is 2.09. The SMILES string of the molecule is CCC(CC)(COCc1ccc(Cl)cc1)CS(N)(=O)=O. The predicted octanol–water partition coefficient (Wildman–Crippen LogP) is 2.95. The van der Waals surface area contributed by atoms with Crippen molar-refractivity contribution in [2.75, 3.05) is 12.4 Å². The number of primary sulfonamides is 1. The lowest BCUT2D eigenvalue weighted by atomic mass is 9.85. The van der Waals surface area contributed by atoms with Gasteiger partial charge in [-0.25, -0.2) is 13.6 Å². The molecule has 0 radical (unpaired) electrons. The smallest absolute Gasteiger partial charge is 0.209 e. The Kier molecular flexibility index (Phi) is 6.45. The van der Waals surface area contributed by atoms with Gasteiger partial charge in [-0.1, -0.05) is 37.6 Å². The molecule has 20 heavy (non-hydrogen) atoms. The minimum Gasteiger partial charge on any atom is -0.376 e. The van der Waals surface area contributed by atoms with Crippen LogP contribution in [0, 0.1) is 5.41 Å². The van der Waals surface area contributed by atoms with Crippen LogP contribution >= 0.6 is 11.6 Å². The van der Waals surface area contributed by atoms with Crippen molar-refractivity contribution in [2.24, 2.45) is 10.6 Å². The minimum absolute atomic E-state index is 0.0480. The van der Waals surface area contributed by atoms with E-state index in [1.807, 2.05) is 26.0 Å². The van der Waals surface area contributed by atoms with Gasteiger partial charge in [-0.15, -0.1) is 0 Å². The molecule has 0 saturated heterocycles. The standard InChI is InChI=1S/C14H22ClNO3S/c1-3-14(4-2,11-20(16,17)18)10-19-9-12-5-7-13(15)8-6-12/h5-8H,3-4,9-11H2,1-2H3,(H2,16,17,18). The van der Waals surface area contributed by atoms with Crippen LogP contribution in [0.4, 0.5) is 0 Å². The zero-order valence-electron chi connectivity index (χ0n) is 11.9. The second kappa shape index (κ2) is 7.41. The van der Waals surface area contributed by atoms with Gasteiger partial charge < -0.3 is 4.74 Å². The molecule has 0 fully saturated rings. The summed E-state index contributed by atoms with van der Waals surface area (Å²) in [6.45, 7) is 4.73. The van der Waals surface area contributed by atoms with Gasteiger partial charge >= 0.3 is 0 Å². The predicted molar refractivity (Wildman–Crippen MR) is 82.1 cm³/mol. The number of hydrogen-bond acceptors (Lipinski definition) is 3. The highest BCUT2D eigenvalue weighted by Gasteiger charge is 2.31. The van der Waals surface area contributed by atoms with Crippen molar-refractivity contribution in [1.29, 1.82) is 0 Å². The molecular formula is C14H22ClNO3S. The molecule has 0 aliphatic rings. The molecule has 0 aliphatic carbocycles. The Morgan fingerprint density at radius 1 is 1.20 bits per heavy atom. The van der Waals surface area contributed by atoms with E-state index in [2.05, 4.69) is 0 Å². The van der Waals surface area contributed by atoms with E-state index in [-0.39, 0.29) is 5.75 Å². The Morgan fingerprint density at radius 2 is 1.75 bits per heavy atom. The summed E-state index contributed by atoms with van der Waals surface area (Å²) < 4.78 is 28.4. The van der Waals surface area contributed by atoms with Gasteiger partial charge in [-0.05, 0) is 30.5 Å². The van der Waals surface area contributed by atoms with E-state index in [4.69, 9.17) is 21.5 Å². The average Bonchev–Trinajstić information content (AvgIpc) is 2.38. The molecule has 114 valence electrons. The number of rotatable bonds is 8. The van der Waals surface area contributed by atoms with E-state index in [9.17, 15) is 8.42 Å². The second-order valence-electron chi connectivity index (χ2n) is 5.13. The summed E-state index contributed by atoms with van der Waals surface area (Å²) in [6, 6.07) is 7.39. The van der Waals surface area contributed by atoms with E-state index in [0.29, 0.717) is 31.1 Å². The first kappa shape index (κ1) is 17.4. The van der Waals surface area contributed by atoms with Crippen molar-refractivity contribution in [3.63, 3.8) is 0 Å². The van der Waals surface area contributed by atoms with Crippen molar-refractivity contribution in [3.05, 3.63) is 34.9 Å². The van der Waals surface area contributed by atoms with Gasteiger partial charge in [0.1, 0.15) is 0 Å². The first-order chi connectivity index (χ1) is 9.30. The topological polar surface area (TPSA) is 69.4 Å². The molecule has 1 rings (SSSR count). The van der Waals surface area contributed by atoms with Crippen molar-refractivity contribution < 1.29 is 13.2 Å². The maximum atomic E-state index is 11.3. The average molecular weight is 320 g/mol. The number of hydrogen-bond donors (Lipinski definition) is 1. The van der Waals surface area contributed by atoms with E-state index in [1.165, 1.54) is 0 Å². The molecule has 2 N–H and O–H groups in total. The van der Waals surface area contributed by atoms with Crippen LogP contribution in [-0.2, 0) is 21.4 Å². The lowest BCUT2D eigenvalue weighted by Gasteiger charge is -2.30. The molecule has 6 heteroatoms. The Labute approximate surface area is 126 Å². The van der Waals surface area contributed by atoms with Crippen molar-refractivity contribution in [2.45, 2.75) is 33.3 Å². The van der Waals surface area contributed by atoms with Crippen LogP contribution in [0.5, 0.6) is 0 Å². The maximum absolute atomic E-state index is 11.3. The zero-order valence-corrected chi connectivity index (χ0v) is 13.5. The Balaban J connectivity index is 2.61. The first-order valence-electron chi connectivity index (χ1n) is 6.63. The highest BCUT2D eigenvalue weighted by molar-refractivity contribution is 7.89. The zero-order chi connectivity index (χ0) is 15.2. The molecule has 0 atom stereocenters. The Bertz CT molecular complexity index is 510. The van der Waals surface area contributed by atoms with E-state index >= 15 is 0 Å². The summed E-state index contributed by atoms with van der Waals surface area (Å²) in [4.78, 5) is 0. The number of nitrogens with two attached hydrogens (primary N) is 1. The van der Waals surface area contributed by atoms with Gasteiger partial charge in [0.15, 0.2) is 0 Å². The van der Waals surface area contributed by atoms with E-state index < -0.39 is 15.4 Å². The third-order valence-electron chi connectivity index (χ3n) is 3.60. The van der Waals surface area contributed by atoms with Crippen LogP contribution in [-0.4, -0.2) is 20.8 Å². The highest BCUT2D eigenvalue weighted by atomic mass is 35.5. The molecule has 0 unspecified atom stereocenters. The summed E-state index contributed by atoms with van der Waals surface area (Å²) in [5, 5.41) is 5.85. The van der Waals surface area contributed by atoms with Gasteiger partial charge in [0.05, 0.1) is 19.0 Å². The van der Waals surface area contributed by atoms with Crippen molar-refractivity contribution >= 4 is 21.6 Å². The van der Waals surface area contributed by atoms with Gasteiger partial charge in [-0.3, -0.25) is 0 Å². The maximum Gasteiger partial charge on any atom is 0.209 e. The summed E-state index contributed by atoms with van der Waals surface area (Å²) in [5.41, 5.74) is 0.589. The summed E-state index contributed by atoms with van der Waals surface area (Å²) in [6.07, 6.45) is 1.42. The molecule has 0 heterocycles. The van der Waals surface area contributed by atoms with Crippen molar-refractivity contribution in [1.82, 2.24) is 0 Å². The summed E-state index contributed by atoms with van der Waals surface area (Å²) in [5.74, 6) is -0.0480. The monoisotopic (exact) mass is 319 g/mol. The van der Waals surface area contributed by atoms with Crippen LogP contribution in [0.25, 0.3) is 0 Å². The lowest BCUT2D eigenvalue weighted by Crippen LogP contribution is -2.36. The molecule has 0 bridgehead atoms. The number of ether oxygens (including phenoxy) is 1. The fraction of sp³-hybridized carbons (Fsp3) is 0.571. The third kappa shape index (κ3) is 5.79. The number of benzene rings is 1. The Morgan fingerprint density at radius 3 is 2.20 bits per heavy atom. The fourth-order valence-corrected chi connectivity index (χ4v) is 3.56. The summed E-state index contributed by atoms with van der Waals surface area (Å²) in [7, 11) is -3.50. The van der Waals surface area contributed by atoms with Gasteiger partial charge in [0.2, 0.25) is 10.0 Å². The van der Waals surface area contributed by atoms with Crippen LogP contribution in [0.15, 0.2) is 24.3 Å². The molecule has 4 nitrogen and oxygen atoms in total. The van der Waals surface area contributed by atoms with E-state index in [0.717, 1.165) is 5.56 Å². The molecule has 0 saturated carbocycles. The quantitative estimate of drug-likeness (QED) is 0.801. The summed E-state index contributed by atoms with van der Waals surface area (Å²) >= 11 is 5.81. The molecule has 1 aromatic carbocycles. The Hall–Kier alpha value is -0.620. The second-order valence-corrected chi connectivity index (χ2v) is 7.18. The molecule has 0 amide bonds. The molecule has 1 aromatic rings. The highest BCUT2D eigenvalue weighted by Crippen LogP contribution is 2.28. The van der Waals surface area contributed by atoms with Crippen LogP contribution in [0.3, 0.4) is 0 Å². The van der Waals surface area contributed by atoms with Crippen LogP contribution < -0.4 is 5.14 Å².